The lowest BCUT2D eigenvalue weighted by Gasteiger charge is -2.30. The molecule has 1 aliphatic carbocycles. The highest BCUT2D eigenvalue weighted by Crippen LogP contribution is 2.37. The Labute approximate surface area is 115 Å². The minimum atomic E-state index is 0.146. The van der Waals surface area contributed by atoms with E-state index >= 15 is 0 Å². The van der Waals surface area contributed by atoms with Crippen LogP contribution in [-0.2, 0) is 11.3 Å². The van der Waals surface area contributed by atoms with Crippen molar-refractivity contribution in [3.63, 3.8) is 0 Å². The third-order valence-electron chi connectivity index (χ3n) is 4.02. The van der Waals surface area contributed by atoms with E-state index in [1.54, 1.807) is 0 Å². The number of hydrogen-bond acceptors (Lipinski definition) is 2. The highest BCUT2D eigenvalue weighted by atomic mass is 16.2. The summed E-state index contributed by atoms with van der Waals surface area (Å²) in [4.78, 5) is 14.5. The number of anilines is 1. The van der Waals surface area contributed by atoms with Gasteiger partial charge >= 0.3 is 0 Å². The van der Waals surface area contributed by atoms with Crippen LogP contribution in [0.4, 0.5) is 5.69 Å². The molecule has 1 atom stereocenters. The molecule has 1 aromatic carbocycles. The van der Waals surface area contributed by atoms with E-state index in [0.29, 0.717) is 12.5 Å². The van der Waals surface area contributed by atoms with Crippen molar-refractivity contribution in [1.29, 1.82) is 0 Å². The van der Waals surface area contributed by atoms with Crippen LogP contribution in [-0.4, -0.2) is 16.8 Å². The van der Waals surface area contributed by atoms with Crippen LogP contribution in [0.3, 0.4) is 0 Å². The Morgan fingerprint density at radius 2 is 1.95 bits per heavy atom. The quantitative estimate of drug-likeness (QED) is 0.827. The first-order valence-corrected chi connectivity index (χ1v) is 7.14. The van der Waals surface area contributed by atoms with Gasteiger partial charge in [-0.3, -0.25) is 4.79 Å². The fourth-order valence-corrected chi connectivity index (χ4v) is 2.44. The zero-order chi connectivity index (χ0) is 14.0. The number of benzene rings is 1. The lowest BCUT2D eigenvalue weighted by atomic mass is 10.0. The van der Waals surface area contributed by atoms with Crippen molar-refractivity contribution in [3.8, 4) is 0 Å². The van der Waals surface area contributed by atoms with Crippen LogP contribution in [0, 0.1) is 11.8 Å². The lowest BCUT2D eigenvalue weighted by molar-refractivity contribution is -0.138. The van der Waals surface area contributed by atoms with Crippen molar-refractivity contribution in [2.45, 2.75) is 46.2 Å². The molecule has 1 aliphatic rings. The molecule has 1 fully saturated rings. The van der Waals surface area contributed by atoms with Gasteiger partial charge < -0.3 is 10.6 Å². The molecule has 3 nitrogen and oxygen atoms in total. The third-order valence-corrected chi connectivity index (χ3v) is 4.02. The Balaban J connectivity index is 2.12. The van der Waals surface area contributed by atoms with E-state index in [1.165, 1.54) is 12.8 Å². The minimum absolute atomic E-state index is 0.146. The van der Waals surface area contributed by atoms with Crippen molar-refractivity contribution in [3.05, 3.63) is 29.8 Å². The van der Waals surface area contributed by atoms with Crippen molar-refractivity contribution in [2.24, 2.45) is 11.8 Å². The van der Waals surface area contributed by atoms with Gasteiger partial charge in [0.05, 0.1) is 0 Å². The molecule has 0 radical (unpaired) electrons. The Bertz CT molecular complexity index is 452. The summed E-state index contributed by atoms with van der Waals surface area (Å²) in [5.41, 5.74) is 7.78. The summed E-state index contributed by atoms with van der Waals surface area (Å²) in [7, 11) is 0. The molecule has 1 unspecified atom stereocenters. The Hall–Kier alpha value is -1.51. The number of nitrogens with zero attached hydrogens (tertiary/aromatic N) is 1. The van der Waals surface area contributed by atoms with Crippen LogP contribution in [0.5, 0.6) is 0 Å². The van der Waals surface area contributed by atoms with Gasteiger partial charge in [0.1, 0.15) is 0 Å². The van der Waals surface area contributed by atoms with E-state index in [2.05, 4.69) is 20.8 Å². The van der Waals surface area contributed by atoms with Crippen LogP contribution in [0.1, 0.15) is 39.2 Å². The predicted molar refractivity (Wildman–Crippen MR) is 78.4 cm³/mol. The molecule has 0 aliphatic heterocycles. The zero-order valence-electron chi connectivity index (χ0n) is 12.1. The summed E-state index contributed by atoms with van der Waals surface area (Å²) in [6.45, 7) is 6.80. The molecule has 0 saturated heterocycles. The van der Waals surface area contributed by atoms with Gasteiger partial charge in [0.15, 0.2) is 0 Å². The number of rotatable bonds is 5. The third kappa shape index (κ3) is 3.28. The number of carbonyl (C=O) groups is 1. The second kappa shape index (κ2) is 5.64. The van der Waals surface area contributed by atoms with Crippen molar-refractivity contribution in [1.82, 2.24) is 4.90 Å². The van der Waals surface area contributed by atoms with Gasteiger partial charge in [0.25, 0.3) is 0 Å². The molecular weight excluding hydrogens is 236 g/mol. The first kappa shape index (κ1) is 13.9. The monoisotopic (exact) mass is 260 g/mol. The normalized spacial score (nSPS) is 16.4. The van der Waals surface area contributed by atoms with E-state index in [4.69, 9.17) is 5.73 Å². The topological polar surface area (TPSA) is 46.3 Å². The van der Waals surface area contributed by atoms with Crippen LogP contribution < -0.4 is 5.73 Å². The smallest absolute Gasteiger partial charge is 0.226 e. The maximum atomic E-state index is 12.6. The molecule has 3 heteroatoms. The molecule has 0 heterocycles. The molecule has 0 bridgehead atoms. The number of nitrogen functional groups attached to an aromatic ring is 1. The summed E-state index contributed by atoms with van der Waals surface area (Å²) < 4.78 is 0. The predicted octanol–water partition coefficient (Wildman–Crippen LogP) is 3.05. The molecule has 104 valence electrons. The van der Waals surface area contributed by atoms with Gasteiger partial charge in [-0.1, -0.05) is 25.1 Å². The standard InChI is InChI=1S/C16H24N2O/c1-11(2)18(16(19)12(3)13-8-9-13)10-14-6-4-5-7-15(14)17/h4-7,11-13H,8-10,17H2,1-3H3. The molecule has 0 spiro atoms. The molecule has 0 aromatic heterocycles. The van der Waals surface area contributed by atoms with E-state index in [9.17, 15) is 4.79 Å². The van der Waals surface area contributed by atoms with Gasteiger partial charge in [-0.25, -0.2) is 0 Å². The zero-order valence-corrected chi connectivity index (χ0v) is 12.1. The summed E-state index contributed by atoms with van der Waals surface area (Å²) >= 11 is 0. The lowest BCUT2D eigenvalue weighted by Crippen LogP contribution is -2.40. The first-order chi connectivity index (χ1) is 9.00. The van der Waals surface area contributed by atoms with Gasteiger partial charge in [0, 0.05) is 24.2 Å². The number of nitrogens with two attached hydrogens (primary N) is 1. The van der Waals surface area contributed by atoms with Crippen molar-refractivity contribution >= 4 is 11.6 Å². The highest BCUT2D eigenvalue weighted by Gasteiger charge is 2.35. The molecule has 1 aromatic rings. The van der Waals surface area contributed by atoms with Crippen LogP contribution >= 0.6 is 0 Å². The van der Waals surface area contributed by atoms with E-state index in [-0.39, 0.29) is 17.9 Å². The average molecular weight is 260 g/mol. The molecule has 1 amide bonds. The second-order valence-electron chi connectivity index (χ2n) is 5.88. The van der Waals surface area contributed by atoms with E-state index in [0.717, 1.165) is 11.3 Å². The number of carbonyl (C=O) groups excluding carboxylic acids is 1. The maximum absolute atomic E-state index is 12.6. The molecule has 19 heavy (non-hydrogen) atoms. The first-order valence-electron chi connectivity index (χ1n) is 7.14. The molecule has 2 N–H and O–H groups in total. The number of hydrogen-bond donors (Lipinski definition) is 1. The number of amides is 1. The van der Waals surface area contributed by atoms with Crippen LogP contribution in [0.2, 0.25) is 0 Å². The molecular formula is C16H24N2O. The fourth-order valence-electron chi connectivity index (χ4n) is 2.44. The summed E-state index contributed by atoms with van der Waals surface area (Å²) in [6.07, 6.45) is 2.40. The molecule has 2 rings (SSSR count). The van der Waals surface area contributed by atoms with Gasteiger partial charge in [0.2, 0.25) is 5.91 Å². The average Bonchev–Trinajstić information content (AvgIpc) is 3.20. The van der Waals surface area contributed by atoms with Crippen LogP contribution in [0.15, 0.2) is 24.3 Å². The second-order valence-corrected chi connectivity index (χ2v) is 5.88. The summed E-state index contributed by atoms with van der Waals surface area (Å²) in [6, 6.07) is 7.99. The van der Waals surface area contributed by atoms with Gasteiger partial charge in [-0.05, 0) is 44.2 Å². The maximum Gasteiger partial charge on any atom is 0.226 e. The van der Waals surface area contributed by atoms with Gasteiger partial charge in [-0.2, -0.15) is 0 Å². The summed E-state index contributed by atoms with van der Waals surface area (Å²) in [5, 5.41) is 0. The molecule has 1 saturated carbocycles. The summed E-state index contributed by atoms with van der Waals surface area (Å²) in [5.74, 6) is 1.01. The SMILES string of the molecule is CC(C(=O)N(Cc1ccccc1N)C(C)C)C1CC1. The Kier molecular flexibility index (Phi) is 4.13. The minimum Gasteiger partial charge on any atom is -0.398 e. The van der Waals surface area contributed by atoms with Crippen molar-refractivity contribution in [2.75, 3.05) is 5.73 Å². The van der Waals surface area contributed by atoms with Gasteiger partial charge in [-0.15, -0.1) is 0 Å². The number of para-hydroxylation sites is 1. The largest absolute Gasteiger partial charge is 0.398 e. The Morgan fingerprint density at radius 3 is 2.47 bits per heavy atom. The highest BCUT2D eigenvalue weighted by molar-refractivity contribution is 5.79. The van der Waals surface area contributed by atoms with E-state index in [1.807, 2.05) is 29.2 Å². The van der Waals surface area contributed by atoms with E-state index < -0.39 is 0 Å². The fraction of sp³-hybridized carbons (Fsp3) is 0.562. The van der Waals surface area contributed by atoms with Crippen molar-refractivity contribution < 1.29 is 4.79 Å². The van der Waals surface area contributed by atoms with Crippen LogP contribution in [0.25, 0.3) is 0 Å². The Morgan fingerprint density at radius 1 is 1.32 bits per heavy atom.